The van der Waals surface area contributed by atoms with Crippen LogP contribution in [0, 0.1) is 18.1 Å². The molecule has 0 fully saturated rings. The third-order valence-corrected chi connectivity index (χ3v) is 4.40. The molecule has 0 N–H and O–H groups in total. The van der Waals surface area contributed by atoms with Gasteiger partial charge >= 0.3 is 41.3 Å². The average Bonchev–Trinajstić information content (AvgIpc) is 3.22. The van der Waals surface area contributed by atoms with Crippen LogP contribution >= 0.6 is 0 Å². The molecule has 156 valence electrons. The molecule has 1 unspecified atom stereocenters. The molecule has 0 aliphatic heterocycles. The number of benzene rings is 2. The number of fused-ring (bicyclic) bond motifs is 3. The van der Waals surface area contributed by atoms with Crippen molar-refractivity contribution in [3.8, 4) is 11.1 Å². The molecule has 30 heavy (non-hydrogen) atoms. The van der Waals surface area contributed by atoms with E-state index in [4.69, 9.17) is 0 Å². The summed E-state index contributed by atoms with van der Waals surface area (Å²) in [7, 11) is 0. The van der Waals surface area contributed by atoms with Gasteiger partial charge < -0.3 is 24.8 Å². The van der Waals surface area contributed by atoms with Crippen molar-refractivity contribution >= 4 is 15.4 Å². The van der Waals surface area contributed by atoms with Gasteiger partial charge in [-0.25, -0.2) is 11.6 Å². The van der Waals surface area contributed by atoms with E-state index in [0.29, 0.717) is 5.92 Å². The normalized spacial score (nSPS) is 14.2. The Morgan fingerprint density at radius 3 is 2.13 bits per heavy atom. The number of hydrogen-bond acceptors (Lipinski definition) is 0. The molecule has 0 saturated carbocycles. The van der Waals surface area contributed by atoms with Gasteiger partial charge in [0.2, 0.25) is 0 Å². The minimum Gasteiger partial charge on any atom is -1.00 e. The standard InChI is InChI=1S/C17H13.C7H9.C3H6.2ClH.Zr/c1-3-12-5-7-14-11-15-8-6-13(4-2)10-17(15)16(14)9-12;1-6-3-4-7(2)5-6;1-3-2;;;/h3-7,9-10H,1-2,11H2;3,5,7H,1-2H3;1-2H3;2*1H;/q2*-1;;;;+2/p-2. The molecule has 0 spiro atoms. The smallest absolute Gasteiger partial charge is 1.00 e. The third-order valence-electron chi connectivity index (χ3n) is 4.40. The van der Waals surface area contributed by atoms with Gasteiger partial charge in [0.25, 0.3) is 0 Å². The number of rotatable bonds is 2. The Labute approximate surface area is 210 Å². The van der Waals surface area contributed by atoms with Crippen LogP contribution in [-0.4, -0.2) is 3.21 Å². The Kier molecular flexibility index (Phi) is 13.3. The van der Waals surface area contributed by atoms with Gasteiger partial charge in [0.15, 0.2) is 0 Å². The van der Waals surface area contributed by atoms with Gasteiger partial charge in [-0.2, -0.15) is 29.8 Å². The second-order valence-electron chi connectivity index (χ2n) is 7.34. The van der Waals surface area contributed by atoms with Crippen molar-refractivity contribution < 1.29 is 49.0 Å². The maximum absolute atomic E-state index is 3.82. The van der Waals surface area contributed by atoms with Crippen molar-refractivity contribution in [2.24, 2.45) is 5.92 Å². The fraction of sp³-hybridized carbons (Fsp3) is 0.222. The summed E-state index contributed by atoms with van der Waals surface area (Å²) in [5, 5.41) is 0. The number of halogens is 2. The summed E-state index contributed by atoms with van der Waals surface area (Å²) in [6.45, 7) is 16.1. The van der Waals surface area contributed by atoms with Crippen molar-refractivity contribution in [3.63, 3.8) is 0 Å². The molecule has 0 bridgehead atoms. The summed E-state index contributed by atoms with van der Waals surface area (Å²) in [6.07, 6.45) is 12.1. The quantitative estimate of drug-likeness (QED) is 0.449. The molecule has 0 heterocycles. The van der Waals surface area contributed by atoms with Gasteiger partial charge in [0, 0.05) is 0 Å². The van der Waals surface area contributed by atoms with Crippen molar-refractivity contribution in [3.05, 3.63) is 95.6 Å². The summed E-state index contributed by atoms with van der Waals surface area (Å²) in [5.41, 5.74) is 8.90. The molecule has 2 aromatic carbocycles. The Bertz CT molecular complexity index is 892. The first-order valence-electron chi connectivity index (χ1n) is 9.56. The predicted octanol–water partition coefficient (Wildman–Crippen LogP) is 1.04. The zero-order valence-electron chi connectivity index (χ0n) is 18.2. The van der Waals surface area contributed by atoms with E-state index in [1.165, 1.54) is 36.6 Å². The summed E-state index contributed by atoms with van der Waals surface area (Å²) >= 11 is 1.55. The zero-order valence-corrected chi connectivity index (χ0v) is 22.1. The second kappa shape index (κ2) is 13.9. The van der Waals surface area contributed by atoms with Gasteiger partial charge in [-0.3, -0.25) is 6.08 Å². The first kappa shape index (κ1) is 28.7. The Morgan fingerprint density at radius 1 is 1.07 bits per heavy atom. The average molecular weight is 515 g/mol. The SMILES string of the molecule is C=Cc1c[c-]c2c(c1)-c1cc(C=C)ccc1C2.CC1=CC(C)[C-]=C1.C[C](C)=[Zr+2].[Cl-].[Cl-]. The summed E-state index contributed by atoms with van der Waals surface area (Å²) in [4.78, 5) is 0. The molecule has 3 heteroatoms. The van der Waals surface area contributed by atoms with E-state index in [0.717, 1.165) is 12.0 Å². The molecule has 0 amide bonds. The van der Waals surface area contributed by atoms with Gasteiger partial charge in [0.05, 0.1) is 0 Å². The summed E-state index contributed by atoms with van der Waals surface area (Å²) in [6, 6.07) is 14.1. The van der Waals surface area contributed by atoms with Crippen LogP contribution in [0.2, 0.25) is 0 Å². The van der Waals surface area contributed by atoms with E-state index in [1.807, 2.05) is 24.3 Å². The van der Waals surface area contributed by atoms with E-state index in [9.17, 15) is 0 Å². The van der Waals surface area contributed by atoms with Gasteiger partial charge in [0.1, 0.15) is 0 Å². The Hall–Kier alpha value is -1.27. The van der Waals surface area contributed by atoms with Gasteiger partial charge in [-0.1, -0.05) is 54.8 Å². The first-order valence-corrected chi connectivity index (χ1v) is 10.8. The van der Waals surface area contributed by atoms with E-state index >= 15 is 0 Å². The molecule has 0 saturated heterocycles. The van der Waals surface area contributed by atoms with E-state index < -0.39 is 0 Å². The topological polar surface area (TPSA) is 0 Å². The molecule has 2 aromatic rings. The van der Waals surface area contributed by atoms with Gasteiger partial charge in [-0.15, -0.1) is 30.7 Å². The molecule has 0 radical (unpaired) electrons. The van der Waals surface area contributed by atoms with Crippen molar-refractivity contribution in [1.29, 1.82) is 0 Å². The van der Waals surface area contributed by atoms with Crippen LogP contribution < -0.4 is 24.8 Å². The fourth-order valence-electron chi connectivity index (χ4n) is 3.12. The Balaban J connectivity index is 0.000000546. The van der Waals surface area contributed by atoms with Crippen LogP contribution in [0.4, 0.5) is 0 Å². The summed E-state index contributed by atoms with van der Waals surface area (Å²) < 4.78 is 1.51. The molecular formula is C27H28Cl2Zr-2. The van der Waals surface area contributed by atoms with E-state index in [1.54, 1.807) is 24.2 Å². The summed E-state index contributed by atoms with van der Waals surface area (Å²) in [5.74, 6) is 0.556. The Morgan fingerprint density at radius 2 is 1.67 bits per heavy atom. The molecule has 1 atom stereocenters. The zero-order chi connectivity index (χ0) is 20.7. The van der Waals surface area contributed by atoms with Gasteiger partial charge in [-0.05, 0) is 12.0 Å². The molecular weight excluding hydrogens is 486 g/mol. The number of hydrogen-bond donors (Lipinski definition) is 0. The largest absolute Gasteiger partial charge is 1.00 e. The second-order valence-corrected chi connectivity index (χ2v) is 9.80. The van der Waals surface area contributed by atoms with Crippen LogP contribution in [-0.2, 0) is 30.7 Å². The maximum Gasteiger partial charge on any atom is -1.00 e. The molecule has 2 aliphatic carbocycles. The minimum atomic E-state index is 0. The molecule has 2 aliphatic rings. The molecule has 0 nitrogen and oxygen atoms in total. The van der Waals surface area contributed by atoms with Crippen LogP contribution in [0.1, 0.15) is 49.9 Å². The van der Waals surface area contributed by atoms with Crippen LogP contribution in [0.15, 0.2) is 61.2 Å². The third kappa shape index (κ3) is 8.46. The van der Waals surface area contributed by atoms with Crippen LogP contribution in [0.3, 0.4) is 0 Å². The van der Waals surface area contributed by atoms with E-state index in [-0.39, 0.29) is 24.8 Å². The molecule has 0 aromatic heterocycles. The number of allylic oxidation sites excluding steroid dienone is 4. The minimum absolute atomic E-state index is 0. The monoisotopic (exact) mass is 512 g/mol. The van der Waals surface area contributed by atoms with E-state index in [2.05, 4.69) is 83.3 Å². The fourth-order valence-corrected chi connectivity index (χ4v) is 3.12. The predicted molar refractivity (Wildman–Crippen MR) is 121 cm³/mol. The van der Waals surface area contributed by atoms with Crippen molar-refractivity contribution in [2.75, 3.05) is 0 Å². The van der Waals surface area contributed by atoms with Crippen molar-refractivity contribution in [1.82, 2.24) is 0 Å². The maximum atomic E-state index is 3.82. The van der Waals surface area contributed by atoms with Crippen LogP contribution in [0.25, 0.3) is 23.3 Å². The first-order chi connectivity index (χ1) is 13.3. The molecule has 4 rings (SSSR count). The van der Waals surface area contributed by atoms with Crippen molar-refractivity contribution in [2.45, 2.75) is 34.1 Å². The van der Waals surface area contributed by atoms with Crippen LogP contribution in [0.5, 0.6) is 0 Å².